The van der Waals surface area contributed by atoms with Gasteiger partial charge in [0.1, 0.15) is 17.1 Å². The summed E-state index contributed by atoms with van der Waals surface area (Å²) in [4.78, 5) is 41.8. The molecule has 0 aliphatic carbocycles. The van der Waals surface area contributed by atoms with E-state index < -0.39 is 35.6 Å². The standard InChI is InChI=1S/C24H22N2O5/c1-13-16(27)12-15(17-8-5-11-30-17)26-21(13)24-10-9-18(31-24)19(20(24)23(26)29)22(28)25-14-6-3-2-4-7-14/h2-11,13,15,18-21H,12H2,1H3,(H,25,28)/t13-,15-,18-,19-,20+,21-,24+/m1/s1. The van der Waals surface area contributed by atoms with E-state index in [9.17, 15) is 14.4 Å². The van der Waals surface area contributed by atoms with E-state index in [-0.39, 0.29) is 29.9 Å². The SMILES string of the molecule is C[C@@H]1C(=O)C[C@H](c2ccco2)N2C(=O)[C@@H]3[C@H](C(=O)Nc4ccccc4)[C@H]4C=C[C@@]3(O4)[C@@H]12. The van der Waals surface area contributed by atoms with Crippen LogP contribution in [0, 0.1) is 17.8 Å². The van der Waals surface area contributed by atoms with Crippen LogP contribution in [0.4, 0.5) is 5.69 Å². The minimum Gasteiger partial charge on any atom is -0.467 e. The third-order valence-corrected chi connectivity index (χ3v) is 7.30. The zero-order valence-corrected chi connectivity index (χ0v) is 16.9. The zero-order chi connectivity index (χ0) is 21.3. The van der Waals surface area contributed by atoms with Crippen LogP contribution in [-0.2, 0) is 19.1 Å². The molecule has 7 heteroatoms. The number of anilines is 1. The first-order valence-corrected chi connectivity index (χ1v) is 10.6. The Hall–Kier alpha value is -3.19. The van der Waals surface area contributed by atoms with E-state index in [1.165, 1.54) is 0 Å². The first kappa shape index (κ1) is 18.6. The van der Waals surface area contributed by atoms with Crippen molar-refractivity contribution < 1.29 is 23.5 Å². The number of hydrogen-bond acceptors (Lipinski definition) is 5. The molecule has 3 fully saturated rings. The molecule has 2 aromatic rings. The van der Waals surface area contributed by atoms with Crippen molar-refractivity contribution in [2.45, 2.75) is 37.1 Å². The Morgan fingerprint density at radius 2 is 1.97 bits per heavy atom. The van der Waals surface area contributed by atoms with Gasteiger partial charge in [0.15, 0.2) is 0 Å². The van der Waals surface area contributed by atoms with Gasteiger partial charge in [-0.2, -0.15) is 0 Å². The Labute approximate surface area is 179 Å². The van der Waals surface area contributed by atoms with Crippen molar-refractivity contribution in [2.24, 2.45) is 17.8 Å². The molecule has 1 spiro atoms. The molecule has 5 heterocycles. The van der Waals surface area contributed by atoms with E-state index in [1.807, 2.05) is 49.4 Å². The number of nitrogens with zero attached hydrogens (tertiary/aromatic N) is 1. The molecule has 1 aromatic carbocycles. The quantitative estimate of drug-likeness (QED) is 0.775. The molecule has 1 N–H and O–H groups in total. The number of ether oxygens (including phenoxy) is 1. The number of benzene rings is 1. The molecule has 4 aliphatic heterocycles. The maximum atomic E-state index is 13.8. The fourth-order valence-corrected chi connectivity index (χ4v) is 6.01. The monoisotopic (exact) mass is 418 g/mol. The van der Waals surface area contributed by atoms with Crippen LogP contribution in [0.5, 0.6) is 0 Å². The molecule has 1 aromatic heterocycles. The number of carbonyl (C=O) groups excluding carboxylic acids is 3. The smallest absolute Gasteiger partial charge is 0.231 e. The second kappa shape index (κ2) is 6.40. The summed E-state index contributed by atoms with van der Waals surface area (Å²) in [6, 6.07) is 11.8. The number of furan rings is 1. The van der Waals surface area contributed by atoms with Crippen LogP contribution >= 0.6 is 0 Å². The van der Waals surface area contributed by atoms with Gasteiger partial charge in [0.25, 0.3) is 0 Å². The first-order valence-electron chi connectivity index (χ1n) is 10.6. The summed E-state index contributed by atoms with van der Waals surface area (Å²) in [5, 5.41) is 2.93. The van der Waals surface area contributed by atoms with Gasteiger partial charge in [-0.15, -0.1) is 0 Å². The lowest BCUT2D eigenvalue weighted by Crippen LogP contribution is -2.55. The number of amides is 2. The van der Waals surface area contributed by atoms with Crippen LogP contribution in [0.15, 0.2) is 65.3 Å². The van der Waals surface area contributed by atoms with Gasteiger partial charge in [0.05, 0.1) is 36.3 Å². The minimum atomic E-state index is -0.971. The number of carbonyl (C=O) groups is 3. The number of hydrogen-bond donors (Lipinski definition) is 1. The molecule has 2 amide bonds. The number of Topliss-reactive ketones (excluding diaryl/α,β-unsaturated/α-hetero) is 1. The highest BCUT2D eigenvalue weighted by Crippen LogP contribution is 2.59. The highest BCUT2D eigenvalue weighted by atomic mass is 16.5. The third-order valence-electron chi connectivity index (χ3n) is 7.30. The molecular weight excluding hydrogens is 396 g/mol. The number of piperidine rings is 1. The Morgan fingerprint density at radius 1 is 1.16 bits per heavy atom. The molecule has 2 bridgehead atoms. The number of para-hydroxylation sites is 1. The average molecular weight is 418 g/mol. The lowest BCUT2D eigenvalue weighted by Gasteiger charge is -2.43. The predicted octanol–water partition coefficient (Wildman–Crippen LogP) is 2.72. The minimum absolute atomic E-state index is 0.0723. The second-order valence-corrected chi connectivity index (χ2v) is 8.83. The van der Waals surface area contributed by atoms with Gasteiger partial charge < -0.3 is 19.4 Å². The van der Waals surface area contributed by atoms with E-state index in [0.717, 1.165) is 0 Å². The van der Waals surface area contributed by atoms with Gasteiger partial charge in [-0.25, -0.2) is 0 Å². The maximum absolute atomic E-state index is 13.8. The third kappa shape index (κ3) is 2.41. The Bertz CT molecular complexity index is 1090. The van der Waals surface area contributed by atoms with Gasteiger partial charge in [-0.3, -0.25) is 14.4 Å². The van der Waals surface area contributed by atoms with E-state index >= 15 is 0 Å². The van der Waals surface area contributed by atoms with Crippen molar-refractivity contribution in [3.05, 3.63) is 66.6 Å². The number of nitrogens with one attached hydrogen (secondary N) is 1. The maximum Gasteiger partial charge on any atom is 0.231 e. The number of ketones is 1. The van der Waals surface area contributed by atoms with Crippen molar-refractivity contribution in [1.82, 2.24) is 4.90 Å². The topological polar surface area (TPSA) is 88.9 Å². The predicted molar refractivity (Wildman–Crippen MR) is 110 cm³/mol. The number of rotatable bonds is 3. The summed E-state index contributed by atoms with van der Waals surface area (Å²) in [7, 11) is 0. The van der Waals surface area contributed by atoms with E-state index in [4.69, 9.17) is 9.15 Å². The molecule has 31 heavy (non-hydrogen) atoms. The van der Waals surface area contributed by atoms with Gasteiger partial charge in [0.2, 0.25) is 11.8 Å². The average Bonchev–Trinajstić information content (AvgIpc) is 3.54. The van der Waals surface area contributed by atoms with Gasteiger partial charge >= 0.3 is 0 Å². The Morgan fingerprint density at radius 3 is 2.71 bits per heavy atom. The van der Waals surface area contributed by atoms with E-state index in [0.29, 0.717) is 11.4 Å². The van der Waals surface area contributed by atoms with Crippen LogP contribution in [-0.4, -0.2) is 40.2 Å². The highest BCUT2D eigenvalue weighted by molar-refractivity contribution is 6.00. The van der Waals surface area contributed by atoms with Crippen LogP contribution in [0.1, 0.15) is 25.1 Å². The molecule has 0 unspecified atom stereocenters. The summed E-state index contributed by atoms with van der Waals surface area (Å²) < 4.78 is 11.9. The molecule has 7 nitrogen and oxygen atoms in total. The molecule has 0 saturated carbocycles. The summed E-state index contributed by atoms with van der Waals surface area (Å²) >= 11 is 0. The van der Waals surface area contributed by atoms with Gasteiger partial charge in [0, 0.05) is 18.0 Å². The van der Waals surface area contributed by atoms with Crippen LogP contribution < -0.4 is 5.32 Å². The van der Waals surface area contributed by atoms with Gasteiger partial charge in [-0.1, -0.05) is 37.3 Å². The normalized spacial score (nSPS) is 37.8. The summed E-state index contributed by atoms with van der Waals surface area (Å²) in [6.07, 6.45) is 5.05. The Balaban J connectivity index is 1.40. The Kier molecular flexibility index (Phi) is 3.84. The van der Waals surface area contributed by atoms with Crippen molar-refractivity contribution in [3.8, 4) is 0 Å². The zero-order valence-electron chi connectivity index (χ0n) is 16.9. The summed E-state index contributed by atoms with van der Waals surface area (Å²) in [5.41, 5.74) is -0.297. The molecule has 158 valence electrons. The summed E-state index contributed by atoms with van der Waals surface area (Å²) in [6.45, 7) is 1.85. The molecule has 7 atom stereocenters. The van der Waals surface area contributed by atoms with Crippen molar-refractivity contribution in [3.63, 3.8) is 0 Å². The van der Waals surface area contributed by atoms with Crippen molar-refractivity contribution in [1.29, 1.82) is 0 Å². The molecule has 3 saturated heterocycles. The molecular formula is C24H22N2O5. The van der Waals surface area contributed by atoms with E-state index in [2.05, 4.69) is 5.32 Å². The van der Waals surface area contributed by atoms with Crippen LogP contribution in [0.25, 0.3) is 0 Å². The summed E-state index contributed by atoms with van der Waals surface area (Å²) in [5.74, 6) is -1.44. The van der Waals surface area contributed by atoms with Crippen LogP contribution in [0.3, 0.4) is 0 Å². The van der Waals surface area contributed by atoms with Crippen molar-refractivity contribution >= 4 is 23.3 Å². The van der Waals surface area contributed by atoms with Crippen molar-refractivity contribution in [2.75, 3.05) is 5.32 Å². The largest absolute Gasteiger partial charge is 0.467 e. The molecule has 0 radical (unpaired) electrons. The lowest BCUT2D eigenvalue weighted by atomic mass is 9.70. The van der Waals surface area contributed by atoms with Gasteiger partial charge in [-0.05, 0) is 24.3 Å². The van der Waals surface area contributed by atoms with E-state index in [1.54, 1.807) is 23.3 Å². The number of fused-ring (bicyclic) bond motifs is 2. The molecule has 6 rings (SSSR count). The fraction of sp³-hybridized carbons (Fsp3) is 0.375. The lowest BCUT2D eigenvalue weighted by molar-refractivity contribution is -0.147. The fourth-order valence-electron chi connectivity index (χ4n) is 6.01. The second-order valence-electron chi connectivity index (χ2n) is 8.83. The highest BCUT2D eigenvalue weighted by Gasteiger charge is 2.74. The van der Waals surface area contributed by atoms with Crippen LogP contribution in [0.2, 0.25) is 0 Å². The first-order chi connectivity index (χ1) is 15.0. The molecule has 4 aliphatic rings.